The summed E-state index contributed by atoms with van der Waals surface area (Å²) < 4.78 is 0. The fourth-order valence-electron chi connectivity index (χ4n) is 3.03. The Kier molecular flexibility index (Phi) is 10.1. The van der Waals surface area contributed by atoms with Crippen LogP contribution in [0.25, 0.3) is 0 Å². The van der Waals surface area contributed by atoms with Crippen molar-refractivity contribution in [2.45, 2.75) is 64.9 Å². The van der Waals surface area contributed by atoms with E-state index >= 15 is 0 Å². The molecule has 0 spiro atoms. The third-order valence-corrected chi connectivity index (χ3v) is 4.66. The maximum atomic E-state index is 12.9. The molecule has 3 nitrogen and oxygen atoms in total. The van der Waals surface area contributed by atoms with Crippen LogP contribution in [0.2, 0.25) is 0 Å². The van der Waals surface area contributed by atoms with Crippen LogP contribution < -0.4 is 5.32 Å². The highest BCUT2D eigenvalue weighted by Gasteiger charge is 2.41. The molecule has 0 saturated carbocycles. The monoisotopic (exact) mass is 343 g/mol. The van der Waals surface area contributed by atoms with Gasteiger partial charge in [-0.2, -0.15) is 0 Å². The molecule has 3 heteroatoms. The number of unbranched alkanes of at least 4 members (excludes halogenated alkanes) is 2. The number of carbonyl (C=O) groups excluding carboxylic acids is 1. The molecule has 2 N–H and O–H groups in total. The Morgan fingerprint density at radius 3 is 2.56 bits per heavy atom. The van der Waals surface area contributed by atoms with Gasteiger partial charge in [0.25, 0.3) is 0 Å². The van der Waals surface area contributed by atoms with Gasteiger partial charge in [0.2, 0.25) is 0 Å². The summed E-state index contributed by atoms with van der Waals surface area (Å²) in [6.07, 6.45) is 4.90. The number of Topliss-reactive ketones (excluding diaryl/α,β-unsaturated/α-hetero) is 1. The molecule has 0 aliphatic rings. The fourth-order valence-corrected chi connectivity index (χ4v) is 3.03. The van der Waals surface area contributed by atoms with E-state index in [-0.39, 0.29) is 18.1 Å². The standard InChI is InChI=1S/C22H33NO2/c1-4-6-9-14-19(3)22(25,20-15-10-7-11-16-20)21(24)17-12-8-13-18-23-5-2/h7,10-11,15-16,19,23,25H,4-6,9,12,14,17-18H2,1-3H3. The van der Waals surface area contributed by atoms with Crippen LogP contribution in [0, 0.1) is 17.8 Å². The average molecular weight is 344 g/mol. The molecule has 0 saturated heterocycles. The van der Waals surface area contributed by atoms with E-state index in [1.807, 2.05) is 44.2 Å². The molecule has 1 aromatic carbocycles. The minimum atomic E-state index is -1.42. The van der Waals surface area contributed by atoms with Crippen LogP contribution in [-0.2, 0) is 10.4 Å². The van der Waals surface area contributed by atoms with E-state index in [2.05, 4.69) is 24.1 Å². The Hall–Kier alpha value is -1.63. The first-order chi connectivity index (χ1) is 12.1. The van der Waals surface area contributed by atoms with Gasteiger partial charge in [0.05, 0.1) is 6.54 Å². The highest BCUT2D eigenvalue weighted by Crippen LogP contribution is 2.35. The molecule has 0 fully saturated rings. The van der Waals surface area contributed by atoms with Gasteiger partial charge < -0.3 is 10.4 Å². The van der Waals surface area contributed by atoms with Gasteiger partial charge in [0.1, 0.15) is 0 Å². The van der Waals surface area contributed by atoms with Crippen molar-refractivity contribution in [1.82, 2.24) is 5.32 Å². The second-order valence-corrected chi connectivity index (χ2v) is 6.59. The number of hydrogen-bond acceptors (Lipinski definition) is 3. The number of rotatable bonds is 11. The van der Waals surface area contributed by atoms with Gasteiger partial charge in [0.15, 0.2) is 11.4 Å². The Balaban J connectivity index is 2.83. The number of benzene rings is 1. The van der Waals surface area contributed by atoms with E-state index in [9.17, 15) is 9.90 Å². The minimum absolute atomic E-state index is 0.108. The molecule has 0 heterocycles. The van der Waals surface area contributed by atoms with Crippen molar-refractivity contribution in [3.8, 4) is 11.8 Å². The Labute approximate surface area is 153 Å². The largest absolute Gasteiger partial charge is 0.377 e. The third kappa shape index (κ3) is 6.65. The summed E-state index contributed by atoms with van der Waals surface area (Å²) in [6.45, 7) is 7.70. The SMILES string of the molecule is CCCCCC(C)C(O)(C(=O)CCC#CCNCC)c1ccccc1. The van der Waals surface area contributed by atoms with E-state index in [1.165, 1.54) is 0 Å². The number of aliphatic hydroxyl groups is 1. The van der Waals surface area contributed by atoms with Gasteiger partial charge in [-0.3, -0.25) is 4.79 Å². The van der Waals surface area contributed by atoms with Gasteiger partial charge in [-0.05, 0) is 24.4 Å². The van der Waals surface area contributed by atoms with Crippen LogP contribution in [0.1, 0.15) is 64.9 Å². The molecule has 0 bridgehead atoms. The molecule has 0 amide bonds. The molecular weight excluding hydrogens is 310 g/mol. The zero-order valence-electron chi connectivity index (χ0n) is 16.0. The fraction of sp³-hybridized carbons (Fsp3) is 0.591. The molecule has 0 radical (unpaired) electrons. The summed E-state index contributed by atoms with van der Waals surface area (Å²) in [7, 11) is 0. The summed E-state index contributed by atoms with van der Waals surface area (Å²) in [5.74, 6) is 5.80. The van der Waals surface area contributed by atoms with E-state index in [1.54, 1.807) is 0 Å². The van der Waals surface area contributed by atoms with E-state index < -0.39 is 5.60 Å². The van der Waals surface area contributed by atoms with Crippen LogP contribution in [0.15, 0.2) is 30.3 Å². The number of carbonyl (C=O) groups is 1. The first-order valence-corrected chi connectivity index (χ1v) is 9.54. The summed E-state index contributed by atoms with van der Waals surface area (Å²) in [6, 6.07) is 9.36. The van der Waals surface area contributed by atoms with Gasteiger partial charge >= 0.3 is 0 Å². The van der Waals surface area contributed by atoms with Gasteiger partial charge in [0, 0.05) is 12.8 Å². The Morgan fingerprint density at radius 2 is 1.92 bits per heavy atom. The van der Waals surface area contributed by atoms with Gasteiger partial charge in [-0.15, -0.1) is 5.92 Å². The van der Waals surface area contributed by atoms with Crippen LogP contribution >= 0.6 is 0 Å². The van der Waals surface area contributed by atoms with Crippen molar-refractivity contribution in [2.24, 2.45) is 5.92 Å². The molecule has 2 unspecified atom stereocenters. The lowest BCUT2D eigenvalue weighted by atomic mass is 9.75. The second kappa shape index (κ2) is 11.8. The zero-order chi connectivity index (χ0) is 18.5. The summed E-state index contributed by atoms with van der Waals surface area (Å²) in [5, 5.41) is 14.5. The molecule has 1 rings (SSSR count). The Bertz CT molecular complexity index is 558. The predicted molar refractivity (Wildman–Crippen MR) is 104 cm³/mol. The summed E-state index contributed by atoms with van der Waals surface area (Å²) >= 11 is 0. The quantitative estimate of drug-likeness (QED) is 0.471. The average Bonchev–Trinajstić information content (AvgIpc) is 2.64. The van der Waals surface area contributed by atoms with Crippen molar-refractivity contribution in [3.63, 3.8) is 0 Å². The van der Waals surface area contributed by atoms with Crippen molar-refractivity contribution in [2.75, 3.05) is 13.1 Å². The van der Waals surface area contributed by atoms with Crippen LogP contribution in [0.5, 0.6) is 0 Å². The van der Waals surface area contributed by atoms with E-state index in [0.717, 1.165) is 32.2 Å². The summed E-state index contributed by atoms with van der Waals surface area (Å²) in [5.41, 5.74) is -0.720. The molecular formula is C22H33NO2. The smallest absolute Gasteiger partial charge is 0.170 e. The lowest BCUT2D eigenvalue weighted by Gasteiger charge is -2.33. The first kappa shape index (κ1) is 21.4. The highest BCUT2D eigenvalue weighted by molar-refractivity contribution is 5.88. The molecule has 0 aromatic heterocycles. The number of nitrogens with one attached hydrogen (secondary N) is 1. The molecule has 1 aromatic rings. The zero-order valence-corrected chi connectivity index (χ0v) is 16.0. The van der Waals surface area contributed by atoms with Crippen molar-refractivity contribution < 1.29 is 9.90 Å². The lowest BCUT2D eigenvalue weighted by Crippen LogP contribution is -2.42. The van der Waals surface area contributed by atoms with Crippen molar-refractivity contribution in [3.05, 3.63) is 35.9 Å². The minimum Gasteiger partial charge on any atom is -0.377 e. The topological polar surface area (TPSA) is 49.3 Å². The molecule has 25 heavy (non-hydrogen) atoms. The maximum absolute atomic E-state index is 12.9. The molecule has 0 aliphatic heterocycles. The summed E-state index contributed by atoms with van der Waals surface area (Å²) in [4.78, 5) is 12.9. The van der Waals surface area contributed by atoms with Gasteiger partial charge in [-0.1, -0.05) is 76.3 Å². The number of hydrogen-bond donors (Lipinski definition) is 2. The van der Waals surface area contributed by atoms with Gasteiger partial charge in [-0.25, -0.2) is 0 Å². The Morgan fingerprint density at radius 1 is 1.20 bits per heavy atom. The van der Waals surface area contributed by atoms with E-state index in [4.69, 9.17) is 0 Å². The van der Waals surface area contributed by atoms with E-state index in [0.29, 0.717) is 18.5 Å². The molecule has 2 atom stereocenters. The maximum Gasteiger partial charge on any atom is 0.170 e. The van der Waals surface area contributed by atoms with Crippen molar-refractivity contribution >= 4 is 5.78 Å². The van der Waals surface area contributed by atoms with Crippen molar-refractivity contribution in [1.29, 1.82) is 0 Å². The predicted octanol–water partition coefficient (Wildman–Crippen LogP) is 4.05. The normalized spacial score (nSPS) is 14.2. The number of ketones is 1. The van der Waals surface area contributed by atoms with Crippen LogP contribution in [-0.4, -0.2) is 24.0 Å². The molecule has 138 valence electrons. The first-order valence-electron chi connectivity index (χ1n) is 9.54. The lowest BCUT2D eigenvalue weighted by molar-refractivity contribution is -0.144. The van der Waals surface area contributed by atoms with Crippen LogP contribution in [0.3, 0.4) is 0 Å². The second-order valence-electron chi connectivity index (χ2n) is 6.59. The third-order valence-electron chi connectivity index (χ3n) is 4.66. The molecule has 0 aliphatic carbocycles. The van der Waals surface area contributed by atoms with Crippen LogP contribution in [0.4, 0.5) is 0 Å². The highest BCUT2D eigenvalue weighted by atomic mass is 16.3.